The molecule has 152 valence electrons. The van der Waals surface area contributed by atoms with E-state index in [-0.39, 0.29) is 0 Å². The summed E-state index contributed by atoms with van der Waals surface area (Å²) in [6.45, 7) is 11.5. The van der Waals surface area contributed by atoms with E-state index in [1.165, 1.54) is 30.5 Å². The lowest BCUT2D eigenvalue weighted by Gasteiger charge is -2.35. The summed E-state index contributed by atoms with van der Waals surface area (Å²) < 4.78 is 44.1. The zero-order valence-corrected chi connectivity index (χ0v) is 17.9. The molecule has 6 heteroatoms. The van der Waals surface area contributed by atoms with Crippen molar-refractivity contribution in [3.8, 4) is 0 Å². The lowest BCUT2D eigenvalue weighted by Crippen LogP contribution is -2.45. The number of halogens is 3. The van der Waals surface area contributed by atoms with Gasteiger partial charge in [0, 0.05) is 13.1 Å². The quantitative estimate of drug-likeness (QED) is 0.351. The molecule has 0 saturated carbocycles. The third kappa shape index (κ3) is 8.19. The van der Waals surface area contributed by atoms with Gasteiger partial charge in [-0.25, -0.2) is 0 Å². The Balaban J connectivity index is 1.60. The van der Waals surface area contributed by atoms with Gasteiger partial charge in [-0.05, 0) is 45.7 Å². The van der Waals surface area contributed by atoms with Crippen LogP contribution in [0.15, 0.2) is 36.4 Å². The maximum Gasteiger partial charge on any atom is 0.416 e. The van der Waals surface area contributed by atoms with Gasteiger partial charge >= 0.3 is 6.18 Å². The summed E-state index contributed by atoms with van der Waals surface area (Å²) in [5.41, 5.74) is 0.651. The van der Waals surface area contributed by atoms with Gasteiger partial charge in [-0.15, -0.1) is 6.58 Å². The van der Waals surface area contributed by atoms with Crippen LogP contribution >= 0.6 is 0 Å². The number of nitrogens with zero attached hydrogens (tertiary/aromatic N) is 1. The molecule has 0 bridgehead atoms. The van der Waals surface area contributed by atoms with Crippen molar-refractivity contribution in [3.63, 3.8) is 0 Å². The zero-order valence-electron chi connectivity index (χ0n) is 16.5. The molecule has 1 aromatic rings. The molecule has 1 heterocycles. The monoisotopic (exact) mass is 399 g/mol. The van der Waals surface area contributed by atoms with E-state index in [4.69, 9.17) is 4.74 Å². The smallest absolute Gasteiger partial charge is 0.373 e. The predicted molar refractivity (Wildman–Crippen MR) is 108 cm³/mol. The van der Waals surface area contributed by atoms with E-state index in [9.17, 15) is 13.2 Å². The van der Waals surface area contributed by atoms with Crippen molar-refractivity contribution >= 4 is 14.7 Å². The summed E-state index contributed by atoms with van der Waals surface area (Å²) >= 11 is 0. The van der Waals surface area contributed by atoms with Crippen LogP contribution in [0.3, 0.4) is 0 Å². The summed E-state index contributed by atoms with van der Waals surface area (Å²) in [5.74, 6) is 0. The van der Waals surface area contributed by atoms with E-state index >= 15 is 0 Å². The Bertz CT molecular complexity index is 595. The number of rotatable bonds is 9. The Morgan fingerprint density at radius 2 is 1.89 bits per heavy atom. The standard InChI is InChI=1S/C21H32F3NOSi/c1-16(15-27-20-10-7-9-19(12-20)21(22,23)24)8-5-4-6-11-25-13-17(2)26-18(3)14-25/h7,9-10,12,17-18H,1,4-6,8,11,13-15,27H2,2-3H3. The zero-order chi connectivity index (χ0) is 19.9. The highest BCUT2D eigenvalue weighted by Crippen LogP contribution is 2.28. The Kier molecular flexibility index (Phi) is 8.57. The molecule has 0 radical (unpaired) electrons. The number of hydrogen-bond acceptors (Lipinski definition) is 2. The summed E-state index contributed by atoms with van der Waals surface area (Å²) in [6, 6.07) is 6.67. The Labute approximate surface area is 163 Å². The van der Waals surface area contributed by atoms with Crippen molar-refractivity contribution in [3.05, 3.63) is 42.0 Å². The summed E-state index contributed by atoms with van der Waals surface area (Å²) in [5, 5.41) is 0.863. The molecular weight excluding hydrogens is 367 g/mol. The molecule has 1 aliphatic rings. The second kappa shape index (κ2) is 10.4. The molecule has 1 aromatic carbocycles. The largest absolute Gasteiger partial charge is 0.416 e. The molecule has 1 fully saturated rings. The third-order valence-corrected chi connectivity index (χ3v) is 7.00. The average molecular weight is 400 g/mol. The number of morpholine rings is 1. The van der Waals surface area contributed by atoms with Gasteiger partial charge in [-0.3, -0.25) is 4.90 Å². The van der Waals surface area contributed by atoms with Crippen LogP contribution in [0.1, 0.15) is 45.1 Å². The van der Waals surface area contributed by atoms with Gasteiger partial charge in [-0.2, -0.15) is 13.2 Å². The molecule has 0 spiro atoms. The van der Waals surface area contributed by atoms with E-state index < -0.39 is 21.3 Å². The van der Waals surface area contributed by atoms with Gasteiger partial charge in [0.25, 0.3) is 0 Å². The predicted octanol–water partition coefficient (Wildman–Crippen LogP) is 4.14. The maximum atomic E-state index is 12.8. The molecule has 0 N–H and O–H groups in total. The van der Waals surface area contributed by atoms with Gasteiger partial charge in [0.05, 0.1) is 27.3 Å². The molecule has 1 saturated heterocycles. The second-order valence-electron chi connectivity index (χ2n) is 7.78. The summed E-state index contributed by atoms with van der Waals surface area (Å²) in [7, 11) is -0.727. The molecule has 0 amide bonds. The first-order valence-corrected chi connectivity index (χ1v) is 11.7. The van der Waals surface area contributed by atoms with E-state index in [1.807, 2.05) is 6.07 Å². The molecule has 2 atom stereocenters. The Hall–Kier alpha value is -1.11. The van der Waals surface area contributed by atoms with Gasteiger partial charge in [0.1, 0.15) is 0 Å². The average Bonchev–Trinajstić information content (AvgIpc) is 2.58. The van der Waals surface area contributed by atoms with E-state index in [0.717, 1.165) is 49.8 Å². The molecule has 0 aliphatic carbocycles. The van der Waals surface area contributed by atoms with Gasteiger partial charge in [-0.1, -0.05) is 41.4 Å². The highest BCUT2D eigenvalue weighted by atomic mass is 28.2. The number of hydrogen-bond donors (Lipinski definition) is 0. The third-order valence-electron chi connectivity index (χ3n) is 5.02. The Morgan fingerprint density at radius 3 is 2.56 bits per heavy atom. The van der Waals surface area contributed by atoms with Crippen LogP contribution in [0.25, 0.3) is 0 Å². The van der Waals surface area contributed by atoms with Gasteiger partial charge in [0.2, 0.25) is 0 Å². The topological polar surface area (TPSA) is 12.5 Å². The highest BCUT2D eigenvalue weighted by molar-refractivity contribution is 6.54. The van der Waals surface area contributed by atoms with E-state index in [1.54, 1.807) is 0 Å². The van der Waals surface area contributed by atoms with Crippen LogP contribution in [-0.2, 0) is 10.9 Å². The van der Waals surface area contributed by atoms with Crippen LogP contribution in [0.2, 0.25) is 6.04 Å². The van der Waals surface area contributed by atoms with Crippen molar-refractivity contribution in [2.45, 2.75) is 64.0 Å². The normalized spacial score (nSPS) is 21.8. The van der Waals surface area contributed by atoms with Crippen LogP contribution < -0.4 is 5.19 Å². The van der Waals surface area contributed by atoms with Crippen molar-refractivity contribution in [2.75, 3.05) is 19.6 Å². The molecule has 2 nitrogen and oxygen atoms in total. The van der Waals surface area contributed by atoms with Crippen LogP contribution in [0, 0.1) is 0 Å². The minimum Gasteiger partial charge on any atom is -0.373 e. The lowest BCUT2D eigenvalue weighted by atomic mass is 10.1. The fourth-order valence-corrected chi connectivity index (χ4v) is 5.26. The molecule has 2 rings (SSSR count). The molecule has 0 aromatic heterocycles. The first-order valence-electron chi connectivity index (χ1n) is 9.94. The van der Waals surface area contributed by atoms with E-state index in [2.05, 4.69) is 25.3 Å². The number of unbranched alkanes of at least 4 members (excludes halogenated alkanes) is 2. The number of benzene rings is 1. The molecular formula is C21H32F3NOSi. The van der Waals surface area contributed by atoms with Crippen LogP contribution in [0.5, 0.6) is 0 Å². The fourth-order valence-electron chi connectivity index (χ4n) is 3.70. The Morgan fingerprint density at radius 1 is 1.19 bits per heavy atom. The van der Waals surface area contributed by atoms with Crippen molar-refractivity contribution in [2.24, 2.45) is 0 Å². The SMILES string of the molecule is C=C(CCCCCN1CC(C)OC(C)C1)C[SiH2]c1cccc(C(F)(F)F)c1. The maximum absolute atomic E-state index is 12.8. The lowest BCUT2D eigenvalue weighted by molar-refractivity contribution is -0.137. The molecule has 2 unspecified atom stereocenters. The van der Waals surface area contributed by atoms with Crippen LogP contribution in [0.4, 0.5) is 13.2 Å². The van der Waals surface area contributed by atoms with E-state index in [0.29, 0.717) is 12.2 Å². The van der Waals surface area contributed by atoms with Crippen molar-refractivity contribution in [1.29, 1.82) is 0 Å². The molecule has 27 heavy (non-hydrogen) atoms. The number of alkyl halides is 3. The van der Waals surface area contributed by atoms with Crippen LogP contribution in [-0.4, -0.2) is 46.3 Å². The number of ether oxygens (including phenoxy) is 1. The summed E-state index contributed by atoms with van der Waals surface area (Å²) in [6.07, 6.45) is 0.829. The van der Waals surface area contributed by atoms with Gasteiger partial charge < -0.3 is 4.74 Å². The highest BCUT2D eigenvalue weighted by Gasteiger charge is 2.30. The first-order chi connectivity index (χ1) is 12.7. The van der Waals surface area contributed by atoms with Crippen molar-refractivity contribution < 1.29 is 17.9 Å². The minimum absolute atomic E-state index is 0.314. The van der Waals surface area contributed by atoms with Crippen molar-refractivity contribution in [1.82, 2.24) is 4.90 Å². The first kappa shape index (κ1) is 22.2. The second-order valence-corrected chi connectivity index (χ2v) is 9.59. The molecule has 1 aliphatic heterocycles. The van der Waals surface area contributed by atoms with Gasteiger partial charge in [0.15, 0.2) is 0 Å². The summed E-state index contributed by atoms with van der Waals surface area (Å²) in [4.78, 5) is 2.48. The fraction of sp³-hybridized carbons (Fsp3) is 0.619. The minimum atomic E-state index is -4.25. The number of allylic oxidation sites excluding steroid dienone is 1.